The van der Waals surface area contributed by atoms with Gasteiger partial charge in [0.25, 0.3) is 0 Å². The molecule has 168 valence electrons. The molecular weight excluding hydrogens is 431 g/mol. The van der Waals surface area contributed by atoms with Crippen LogP contribution in [0.1, 0.15) is 50.5 Å². The third-order valence-electron chi connectivity index (χ3n) is 5.12. The maximum Gasteiger partial charge on any atom is 0.410 e. The molecule has 10 heteroatoms. The number of aromatic nitrogens is 1. The van der Waals surface area contributed by atoms with Crippen LogP contribution in [0.4, 0.5) is 9.18 Å². The molecule has 1 fully saturated rings. The van der Waals surface area contributed by atoms with Gasteiger partial charge in [0.15, 0.2) is 10.0 Å². The van der Waals surface area contributed by atoms with Crippen LogP contribution in [0.2, 0.25) is 0 Å². The van der Waals surface area contributed by atoms with Gasteiger partial charge in [0.05, 0.1) is 18.8 Å². The number of carboxylic acids is 1. The van der Waals surface area contributed by atoms with Gasteiger partial charge in [-0.2, -0.15) is 0 Å². The maximum atomic E-state index is 12.3. The first-order chi connectivity index (χ1) is 14.2. The minimum atomic E-state index is -1.06. The number of thiazole rings is 1. The van der Waals surface area contributed by atoms with E-state index in [2.05, 4.69) is 4.98 Å². The van der Waals surface area contributed by atoms with Crippen LogP contribution in [0.15, 0.2) is 21.9 Å². The fraction of sp³-hybridized carbons (Fsp3) is 0.650. The van der Waals surface area contributed by atoms with Crippen molar-refractivity contribution in [1.29, 1.82) is 0 Å². The molecule has 3 atom stereocenters. The molecular formula is C20H29FN2O5S2. The topological polar surface area (TPSA) is 100.0 Å². The van der Waals surface area contributed by atoms with E-state index in [0.717, 1.165) is 0 Å². The molecule has 1 aliphatic rings. The number of nitrogens with zero attached hydrogens (tertiary/aromatic N) is 2. The van der Waals surface area contributed by atoms with E-state index in [9.17, 15) is 19.1 Å². The van der Waals surface area contributed by atoms with Gasteiger partial charge in [0.2, 0.25) is 0 Å². The molecule has 0 radical (unpaired) electrons. The number of unbranched alkanes of at least 4 members (excludes halogenated alkanes) is 1. The average Bonchev–Trinajstić information content (AvgIpc) is 3.25. The van der Waals surface area contributed by atoms with Crippen molar-refractivity contribution in [3.63, 3.8) is 0 Å². The number of aromatic carboxylic acids is 1. The fourth-order valence-corrected chi connectivity index (χ4v) is 4.94. The zero-order chi connectivity index (χ0) is 22.3. The van der Waals surface area contributed by atoms with E-state index in [0.29, 0.717) is 35.9 Å². The molecule has 2 heterocycles. The van der Waals surface area contributed by atoms with Gasteiger partial charge in [-0.1, -0.05) is 44.2 Å². The second-order valence-corrected chi connectivity index (χ2v) is 10.1. The van der Waals surface area contributed by atoms with Crippen LogP contribution in [-0.2, 0) is 4.74 Å². The molecule has 1 saturated heterocycles. The Kier molecular flexibility index (Phi) is 9.11. The van der Waals surface area contributed by atoms with E-state index in [1.54, 1.807) is 24.0 Å². The summed E-state index contributed by atoms with van der Waals surface area (Å²) in [7, 11) is 0. The second kappa shape index (κ2) is 11.1. The average molecular weight is 461 g/mol. The number of carbonyl (C=O) groups excluding carboxylic acids is 1. The predicted molar refractivity (Wildman–Crippen MR) is 115 cm³/mol. The monoisotopic (exact) mass is 460 g/mol. The summed E-state index contributed by atoms with van der Waals surface area (Å²) in [5.41, 5.74) is -0.383. The molecule has 30 heavy (non-hydrogen) atoms. The van der Waals surface area contributed by atoms with E-state index < -0.39 is 23.6 Å². The minimum absolute atomic E-state index is 0.0145. The van der Waals surface area contributed by atoms with Crippen LogP contribution in [0.5, 0.6) is 0 Å². The number of hydrogen-bond acceptors (Lipinski definition) is 7. The van der Waals surface area contributed by atoms with Gasteiger partial charge < -0.3 is 14.9 Å². The second-order valence-electron chi connectivity index (χ2n) is 7.89. The van der Waals surface area contributed by atoms with Gasteiger partial charge in [0, 0.05) is 17.7 Å². The van der Waals surface area contributed by atoms with E-state index in [4.69, 9.17) is 9.84 Å². The number of carboxylic acid groups (broad SMARTS) is 1. The number of aliphatic hydroxyl groups is 1. The SMILES string of the molecule is C[C@@H]1OC(=O)N(CCSc2nc(C(=O)O)cs2)[C@H]1/C=C/C(O)C(C)(C)CCCCF. The highest BCUT2D eigenvalue weighted by atomic mass is 32.2. The van der Waals surface area contributed by atoms with Gasteiger partial charge in [0.1, 0.15) is 6.10 Å². The molecule has 1 aromatic rings. The number of alkyl halides is 1. The number of thioether (sulfide) groups is 1. The van der Waals surface area contributed by atoms with Crippen LogP contribution in [0.25, 0.3) is 0 Å². The number of cyclic esters (lactones) is 1. The molecule has 0 spiro atoms. The van der Waals surface area contributed by atoms with E-state index in [1.165, 1.54) is 28.5 Å². The van der Waals surface area contributed by atoms with Crippen molar-refractivity contribution in [3.05, 3.63) is 23.2 Å². The van der Waals surface area contributed by atoms with Crippen molar-refractivity contribution in [1.82, 2.24) is 9.88 Å². The van der Waals surface area contributed by atoms with Gasteiger partial charge in [-0.3, -0.25) is 9.29 Å². The lowest BCUT2D eigenvalue weighted by Crippen LogP contribution is -2.36. The fourth-order valence-electron chi connectivity index (χ4n) is 3.13. The van der Waals surface area contributed by atoms with Gasteiger partial charge >= 0.3 is 12.1 Å². The normalized spacial score (nSPS) is 20.7. The summed E-state index contributed by atoms with van der Waals surface area (Å²) >= 11 is 2.63. The van der Waals surface area contributed by atoms with Crippen LogP contribution >= 0.6 is 23.1 Å². The smallest absolute Gasteiger partial charge is 0.410 e. The number of rotatable bonds is 12. The summed E-state index contributed by atoms with van der Waals surface area (Å²) in [5.74, 6) is -0.526. The predicted octanol–water partition coefficient (Wildman–Crippen LogP) is 4.23. The molecule has 2 N–H and O–H groups in total. The molecule has 1 aliphatic heterocycles. The summed E-state index contributed by atoms with van der Waals surface area (Å²) in [4.78, 5) is 28.8. The zero-order valence-corrected chi connectivity index (χ0v) is 19.0. The first kappa shape index (κ1) is 24.6. The highest BCUT2D eigenvalue weighted by molar-refractivity contribution is 8.01. The highest BCUT2D eigenvalue weighted by Gasteiger charge is 2.37. The van der Waals surface area contributed by atoms with Crippen molar-refractivity contribution in [3.8, 4) is 0 Å². The molecule has 0 saturated carbocycles. The molecule has 1 aromatic heterocycles. The first-order valence-electron chi connectivity index (χ1n) is 9.87. The van der Waals surface area contributed by atoms with Crippen molar-refractivity contribution in [2.75, 3.05) is 19.0 Å². The Hall–Kier alpha value is -1.65. The Balaban J connectivity index is 1.93. The maximum absolute atomic E-state index is 12.3. The summed E-state index contributed by atoms with van der Waals surface area (Å²) in [5, 5.41) is 21.0. The first-order valence-corrected chi connectivity index (χ1v) is 11.7. The van der Waals surface area contributed by atoms with Crippen molar-refractivity contribution >= 4 is 35.2 Å². The quantitative estimate of drug-likeness (QED) is 0.274. The number of carbonyl (C=O) groups is 2. The van der Waals surface area contributed by atoms with E-state index in [-0.39, 0.29) is 24.5 Å². The Morgan fingerprint density at radius 1 is 1.50 bits per heavy atom. The van der Waals surface area contributed by atoms with Crippen LogP contribution < -0.4 is 0 Å². The highest BCUT2D eigenvalue weighted by Crippen LogP contribution is 2.30. The lowest BCUT2D eigenvalue weighted by atomic mass is 9.81. The van der Waals surface area contributed by atoms with Gasteiger partial charge in [-0.15, -0.1) is 11.3 Å². The Labute approximate surface area is 184 Å². The molecule has 0 bridgehead atoms. The Morgan fingerprint density at radius 2 is 2.23 bits per heavy atom. The number of amides is 1. The molecule has 1 amide bonds. The summed E-state index contributed by atoms with van der Waals surface area (Å²) in [6.45, 7) is 5.73. The lowest BCUT2D eigenvalue weighted by Gasteiger charge is -2.29. The summed E-state index contributed by atoms with van der Waals surface area (Å²) in [6, 6.07) is -0.305. The van der Waals surface area contributed by atoms with Gasteiger partial charge in [-0.05, 0) is 25.2 Å². The van der Waals surface area contributed by atoms with Crippen molar-refractivity contribution in [2.45, 2.75) is 62.6 Å². The Morgan fingerprint density at radius 3 is 2.87 bits per heavy atom. The minimum Gasteiger partial charge on any atom is -0.476 e. The molecule has 7 nitrogen and oxygen atoms in total. The standard InChI is InChI=1S/C20H29FN2O5S2/c1-13-15(6-7-16(24)20(2,3)8-4-5-9-21)23(19(27)28-13)10-11-29-18-22-14(12-30-18)17(25)26/h6-7,12-13,15-16,24H,4-5,8-11H2,1-3H3,(H,25,26)/b7-6+/t13-,15-,16?/m0/s1. The molecule has 0 aromatic carbocycles. The zero-order valence-electron chi connectivity index (χ0n) is 17.4. The van der Waals surface area contributed by atoms with Crippen LogP contribution in [0.3, 0.4) is 0 Å². The number of halogens is 1. The molecule has 1 unspecified atom stereocenters. The van der Waals surface area contributed by atoms with E-state index in [1.807, 2.05) is 13.8 Å². The van der Waals surface area contributed by atoms with Crippen molar-refractivity contribution < 1.29 is 28.9 Å². The number of aliphatic hydroxyl groups excluding tert-OH is 1. The lowest BCUT2D eigenvalue weighted by molar-refractivity contribution is 0.0690. The third kappa shape index (κ3) is 6.68. The van der Waals surface area contributed by atoms with E-state index >= 15 is 0 Å². The Bertz CT molecular complexity index is 755. The van der Waals surface area contributed by atoms with Crippen LogP contribution in [0, 0.1) is 5.41 Å². The number of ether oxygens (including phenoxy) is 1. The summed E-state index contributed by atoms with van der Waals surface area (Å²) in [6.07, 6.45) is 3.90. The molecule has 2 rings (SSSR count). The largest absolute Gasteiger partial charge is 0.476 e. The molecule has 0 aliphatic carbocycles. The number of hydrogen-bond donors (Lipinski definition) is 2. The van der Waals surface area contributed by atoms with Crippen LogP contribution in [-0.4, -0.2) is 69.4 Å². The third-order valence-corrected chi connectivity index (χ3v) is 7.12. The van der Waals surface area contributed by atoms with Crippen molar-refractivity contribution in [2.24, 2.45) is 5.41 Å². The summed E-state index contributed by atoms with van der Waals surface area (Å²) < 4.78 is 18.3. The van der Waals surface area contributed by atoms with Gasteiger partial charge in [-0.25, -0.2) is 14.6 Å².